The summed E-state index contributed by atoms with van der Waals surface area (Å²) in [7, 11) is 0. The van der Waals surface area contributed by atoms with Crippen molar-refractivity contribution in [2.45, 2.75) is 6.04 Å². The van der Waals surface area contributed by atoms with E-state index in [0.717, 1.165) is 0 Å². The van der Waals surface area contributed by atoms with Crippen molar-refractivity contribution in [3.05, 3.63) is 33.9 Å². The molecule has 5 heteroatoms. The molecule has 2 rings (SSSR count). The Morgan fingerprint density at radius 3 is 3.08 bits per heavy atom. The number of hydrogen-bond acceptors (Lipinski definition) is 4. The number of nitrogens with two attached hydrogens (primary N) is 1. The predicted molar refractivity (Wildman–Crippen MR) is 45.5 cm³/mol. The van der Waals surface area contributed by atoms with E-state index in [9.17, 15) is 10.1 Å². The van der Waals surface area contributed by atoms with Crippen molar-refractivity contribution in [3.8, 4) is 5.75 Å². The lowest BCUT2D eigenvalue weighted by atomic mass is 10.1. The van der Waals surface area contributed by atoms with Crippen LogP contribution in [0.5, 0.6) is 5.75 Å². The van der Waals surface area contributed by atoms with Crippen molar-refractivity contribution in [2.24, 2.45) is 5.73 Å². The zero-order valence-electron chi connectivity index (χ0n) is 6.77. The quantitative estimate of drug-likeness (QED) is 0.516. The van der Waals surface area contributed by atoms with Crippen LogP contribution >= 0.6 is 0 Å². The molecule has 0 fully saturated rings. The molecule has 13 heavy (non-hydrogen) atoms. The van der Waals surface area contributed by atoms with Crippen LogP contribution in [0.15, 0.2) is 18.2 Å². The lowest BCUT2D eigenvalue weighted by molar-refractivity contribution is -0.385. The standard InChI is InChI=1S/C8H8N2O3/c9-6-4-13-8-5(6)2-1-3-7(8)10(11)12/h1-3,6H,4,9H2/t6-/m0/s1. The van der Waals surface area contributed by atoms with E-state index in [4.69, 9.17) is 10.5 Å². The summed E-state index contributed by atoms with van der Waals surface area (Å²) in [6, 6.07) is 4.54. The van der Waals surface area contributed by atoms with Gasteiger partial charge < -0.3 is 10.5 Å². The van der Waals surface area contributed by atoms with Gasteiger partial charge in [-0.1, -0.05) is 12.1 Å². The molecular weight excluding hydrogens is 172 g/mol. The first-order chi connectivity index (χ1) is 6.20. The van der Waals surface area contributed by atoms with Crippen LogP contribution in [0.25, 0.3) is 0 Å². The first-order valence-corrected chi connectivity index (χ1v) is 3.86. The van der Waals surface area contributed by atoms with Gasteiger partial charge in [-0.05, 0) is 0 Å². The molecule has 1 aromatic carbocycles. The van der Waals surface area contributed by atoms with E-state index in [1.54, 1.807) is 12.1 Å². The van der Waals surface area contributed by atoms with Crippen molar-refractivity contribution in [2.75, 3.05) is 6.61 Å². The average molecular weight is 180 g/mol. The number of rotatable bonds is 1. The summed E-state index contributed by atoms with van der Waals surface area (Å²) < 4.78 is 5.14. The van der Waals surface area contributed by atoms with Gasteiger partial charge in [-0.3, -0.25) is 10.1 Å². The number of nitro benzene ring substituents is 1. The first kappa shape index (κ1) is 8.00. The number of hydrogen-bond donors (Lipinski definition) is 1. The minimum atomic E-state index is -0.461. The van der Waals surface area contributed by atoms with Crippen LogP contribution in [0.4, 0.5) is 5.69 Å². The molecule has 1 aliphatic heterocycles. The van der Waals surface area contributed by atoms with Crippen molar-refractivity contribution in [1.29, 1.82) is 0 Å². The van der Waals surface area contributed by atoms with Crippen LogP contribution in [-0.4, -0.2) is 11.5 Å². The van der Waals surface area contributed by atoms with Crippen molar-refractivity contribution >= 4 is 5.69 Å². The second kappa shape index (κ2) is 2.70. The number of nitrogens with zero attached hydrogens (tertiary/aromatic N) is 1. The van der Waals surface area contributed by atoms with Gasteiger partial charge in [0, 0.05) is 11.6 Å². The Labute approximate surface area is 74.3 Å². The number of fused-ring (bicyclic) bond motifs is 1. The number of benzene rings is 1. The summed E-state index contributed by atoms with van der Waals surface area (Å²) in [6.07, 6.45) is 0. The molecule has 1 atom stereocenters. The van der Waals surface area contributed by atoms with Gasteiger partial charge in [0.05, 0.1) is 11.0 Å². The molecule has 1 heterocycles. The van der Waals surface area contributed by atoms with E-state index in [2.05, 4.69) is 0 Å². The highest BCUT2D eigenvalue weighted by Gasteiger charge is 2.28. The van der Waals surface area contributed by atoms with Crippen LogP contribution < -0.4 is 10.5 Å². The van der Waals surface area contributed by atoms with E-state index >= 15 is 0 Å². The maximum atomic E-state index is 10.6. The van der Waals surface area contributed by atoms with Crippen LogP contribution in [0, 0.1) is 10.1 Å². The van der Waals surface area contributed by atoms with Gasteiger partial charge >= 0.3 is 5.69 Å². The molecular formula is C8H8N2O3. The summed E-state index contributed by atoms with van der Waals surface area (Å²) in [5, 5.41) is 10.6. The third-order valence-corrected chi connectivity index (χ3v) is 2.03. The fourth-order valence-corrected chi connectivity index (χ4v) is 1.40. The summed E-state index contributed by atoms with van der Waals surface area (Å²) in [6.45, 7) is 0.320. The fourth-order valence-electron chi connectivity index (χ4n) is 1.40. The molecule has 0 aromatic heterocycles. The number of ether oxygens (including phenoxy) is 1. The monoisotopic (exact) mass is 180 g/mol. The molecule has 0 radical (unpaired) electrons. The third kappa shape index (κ3) is 1.13. The fraction of sp³-hybridized carbons (Fsp3) is 0.250. The maximum absolute atomic E-state index is 10.6. The first-order valence-electron chi connectivity index (χ1n) is 3.86. The summed E-state index contributed by atoms with van der Waals surface area (Å²) in [4.78, 5) is 10.1. The van der Waals surface area contributed by atoms with Gasteiger partial charge in [0.2, 0.25) is 5.75 Å². The molecule has 0 spiro atoms. The Balaban J connectivity index is 2.57. The molecule has 5 nitrogen and oxygen atoms in total. The molecule has 2 N–H and O–H groups in total. The van der Waals surface area contributed by atoms with Gasteiger partial charge in [-0.25, -0.2) is 0 Å². The minimum absolute atomic E-state index is 0.00884. The van der Waals surface area contributed by atoms with Crippen molar-refractivity contribution in [3.63, 3.8) is 0 Å². The largest absolute Gasteiger partial charge is 0.485 e. The Kier molecular flexibility index (Phi) is 1.66. The molecule has 1 aliphatic rings. The van der Waals surface area contributed by atoms with E-state index in [-0.39, 0.29) is 11.7 Å². The van der Waals surface area contributed by atoms with Crippen LogP contribution in [0.2, 0.25) is 0 Å². The molecule has 1 aromatic rings. The zero-order valence-corrected chi connectivity index (χ0v) is 6.77. The average Bonchev–Trinajstić information content (AvgIpc) is 2.48. The molecule has 0 unspecified atom stereocenters. The van der Waals surface area contributed by atoms with Crippen molar-refractivity contribution < 1.29 is 9.66 Å². The SMILES string of the molecule is N[C@H]1COc2c1cccc2[N+](=O)[O-]. The van der Waals surface area contributed by atoms with Crippen molar-refractivity contribution in [1.82, 2.24) is 0 Å². The van der Waals surface area contributed by atoms with E-state index in [1.165, 1.54) is 6.07 Å². The molecule has 0 aliphatic carbocycles. The lowest BCUT2D eigenvalue weighted by Gasteiger charge is -1.99. The van der Waals surface area contributed by atoms with E-state index in [0.29, 0.717) is 17.9 Å². The van der Waals surface area contributed by atoms with Gasteiger partial charge in [0.1, 0.15) is 6.61 Å². The normalized spacial score (nSPS) is 19.3. The highest BCUT2D eigenvalue weighted by atomic mass is 16.6. The topological polar surface area (TPSA) is 78.4 Å². The van der Waals surface area contributed by atoms with Gasteiger partial charge in [0.25, 0.3) is 0 Å². The van der Waals surface area contributed by atoms with E-state index < -0.39 is 4.92 Å². The summed E-state index contributed by atoms with van der Waals surface area (Å²) in [5.74, 6) is 0.319. The minimum Gasteiger partial charge on any atom is -0.485 e. The van der Waals surface area contributed by atoms with Crippen LogP contribution in [0.3, 0.4) is 0 Å². The third-order valence-electron chi connectivity index (χ3n) is 2.03. The Morgan fingerprint density at radius 2 is 2.38 bits per heavy atom. The molecule has 0 bridgehead atoms. The van der Waals surface area contributed by atoms with Crippen LogP contribution in [-0.2, 0) is 0 Å². The van der Waals surface area contributed by atoms with E-state index in [1.807, 2.05) is 0 Å². The highest BCUT2D eigenvalue weighted by Crippen LogP contribution is 2.38. The highest BCUT2D eigenvalue weighted by molar-refractivity contribution is 5.54. The van der Waals surface area contributed by atoms with Gasteiger partial charge in [-0.2, -0.15) is 0 Å². The summed E-state index contributed by atoms with van der Waals surface area (Å²) in [5.41, 5.74) is 6.38. The predicted octanol–water partition coefficient (Wildman–Crippen LogP) is 0.987. The number of para-hydroxylation sites is 1. The molecule has 0 saturated heterocycles. The van der Waals surface area contributed by atoms with Gasteiger partial charge in [-0.15, -0.1) is 0 Å². The Bertz CT molecular complexity index is 364. The number of nitro groups is 1. The lowest BCUT2D eigenvalue weighted by Crippen LogP contribution is -2.10. The molecule has 0 saturated carbocycles. The second-order valence-electron chi connectivity index (χ2n) is 2.87. The molecule has 68 valence electrons. The smallest absolute Gasteiger partial charge is 0.311 e. The second-order valence-corrected chi connectivity index (χ2v) is 2.87. The molecule has 0 amide bonds. The van der Waals surface area contributed by atoms with Gasteiger partial charge in [0.15, 0.2) is 0 Å². The zero-order chi connectivity index (χ0) is 9.42. The Morgan fingerprint density at radius 1 is 1.62 bits per heavy atom. The summed E-state index contributed by atoms with van der Waals surface area (Å²) >= 11 is 0. The van der Waals surface area contributed by atoms with Crippen LogP contribution in [0.1, 0.15) is 11.6 Å². The maximum Gasteiger partial charge on any atom is 0.311 e. The Hall–Kier alpha value is -1.62.